The Hall–Kier alpha value is -1.07. The average molecular weight is 326 g/mol. The summed E-state index contributed by atoms with van der Waals surface area (Å²) in [5.74, 6) is 0.191. The average Bonchev–Trinajstić information content (AvgIpc) is 2.53. The third-order valence-corrected chi connectivity index (χ3v) is 3.92. The van der Waals surface area contributed by atoms with Gasteiger partial charge in [-0.15, -0.1) is 0 Å². The van der Waals surface area contributed by atoms with Crippen molar-refractivity contribution in [3.8, 4) is 0 Å². The molecule has 0 spiro atoms. The lowest BCUT2D eigenvalue weighted by Gasteiger charge is -2.25. The van der Waals surface area contributed by atoms with Crippen LogP contribution in [0.25, 0.3) is 0 Å². The number of hydrogen-bond acceptors (Lipinski definition) is 3. The number of likely N-dealkylation sites (N-methyl/N-ethyl adjacent to an activating group) is 1. The molecule has 1 aliphatic rings. The molecule has 1 heterocycles. The summed E-state index contributed by atoms with van der Waals surface area (Å²) < 4.78 is 1.07. The summed E-state index contributed by atoms with van der Waals surface area (Å²) in [6.45, 7) is 3.03. The summed E-state index contributed by atoms with van der Waals surface area (Å²) in [5.41, 5.74) is 2.37. The molecular formula is C14H20BrN3O. The minimum Gasteiger partial charge on any atom is -0.362 e. The predicted molar refractivity (Wildman–Crippen MR) is 81.4 cm³/mol. The summed E-state index contributed by atoms with van der Waals surface area (Å²) in [6.07, 6.45) is 1.01. The summed E-state index contributed by atoms with van der Waals surface area (Å²) in [7, 11) is 3.81. The smallest absolute Gasteiger partial charge is 0.241 e. The third kappa shape index (κ3) is 3.48. The molecule has 1 fully saturated rings. The van der Waals surface area contributed by atoms with Crippen LogP contribution in [-0.4, -0.2) is 44.5 Å². The highest BCUT2D eigenvalue weighted by Crippen LogP contribution is 2.25. The number of halogens is 1. The highest BCUT2D eigenvalue weighted by Gasteiger charge is 2.20. The fourth-order valence-corrected chi connectivity index (χ4v) is 2.80. The Kier molecular flexibility index (Phi) is 4.82. The Morgan fingerprint density at radius 1 is 1.37 bits per heavy atom. The summed E-state index contributed by atoms with van der Waals surface area (Å²) in [6, 6.07) is 6.24. The van der Waals surface area contributed by atoms with Crippen molar-refractivity contribution in [1.82, 2.24) is 10.2 Å². The molecule has 104 valence electrons. The normalized spacial score (nSPS) is 16.7. The Balaban J connectivity index is 2.27. The second-order valence-electron chi connectivity index (χ2n) is 4.89. The minimum absolute atomic E-state index is 0.191. The fraction of sp³-hybridized carbons (Fsp3) is 0.500. The maximum Gasteiger partial charge on any atom is 0.241 e. The predicted octanol–water partition coefficient (Wildman–Crippen LogP) is 1.84. The third-order valence-electron chi connectivity index (χ3n) is 3.42. The van der Waals surface area contributed by atoms with Crippen LogP contribution in [0.5, 0.6) is 0 Å². The topological polar surface area (TPSA) is 35.6 Å². The quantitative estimate of drug-likeness (QED) is 0.921. The lowest BCUT2D eigenvalue weighted by Crippen LogP contribution is -2.34. The van der Waals surface area contributed by atoms with Gasteiger partial charge in [0, 0.05) is 36.8 Å². The molecular weight excluding hydrogens is 306 g/mol. The van der Waals surface area contributed by atoms with E-state index in [1.807, 2.05) is 25.1 Å². The second-order valence-corrected chi connectivity index (χ2v) is 5.81. The maximum absolute atomic E-state index is 12.0. The van der Waals surface area contributed by atoms with Gasteiger partial charge in [0.2, 0.25) is 5.91 Å². The van der Waals surface area contributed by atoms with E-state index in [0.29, 0.717) is 6.54 Å². The van der Waals surface area contributed by atoms with Crippen LogP contribution in [0.1, 0.15) is 12.0 Å². The van der Waals surface area contributed by atoms with Gasteiger partial charge in [0.05, 0.1) is 6.54 Å². The molecule has 1 saturated heterocycles. The first-order valence-corrected chi connectivity index (χ1v) is 7.33. The summed E-state index contributed by atoms with van der Waals surface area (Å²) in [5, 5.41) is 3.18. The molecule has 0 saturated carbocycles. The molecule has 1 amide bonds. The molecule has 0 radical (unpaired) electrons. The van der Waals surface area contributed by atoms with Crippen LogP contribution in [-0.2, 0) is 11.3 Å². The Labute approximate surface area is 122 Å². The van der Waals surface area contributed by atoms with Gasteiger partial charge >= 0.3 is 0 Å². The molecule has 1 aliphatic heterocycles. The number of carbonyl (C=O) groups excluding carboxylic acids is 1. The largest absolute Gasteiger partial charge is 0.362 e. The Morgan fingerprint density at radius 3 is 2.89 bits per heavy atom. The van der Waals surface area contributed by atoms with Crippen LogP contribution >= 0.6 is 15.9 Å². The molecule has 1 N–H and O–H groups in total. The molecule has 0 atom stereocenters. The molecule has 0 bridgehead atoms. The van der Waals surface area contributed by atoms with Crippen molar-refractivity contribution in [3.63, 3.8) is 0 Å². The zero-order valence-electron chi connectivity index (χ0n) is 11.4. The van der Waals surface area contributed by atoms with Crippen molar-refractivity contribution in [3.05, 3.63) is 28.2 Å². The van der Waals surface area contributed by atoms with E-state index < -0.39 is 0 Å². The van der Waals surface area contributed by atoms with E-state index in [-0.39, 0.29) is 5.91 Å². The van der Waals surface area contributed by atoms with E-state index in [4.69, 9.17) is 0 Å². The molecule has 1 aromatic rings. The molecule has 19 heavy (non-hydrogen) atoms. The number of benzene rings is 1. The van der Waals surface area contributed by atoms with Gasteiger partial charge in [0.25, 0.3) is 0 Å². The van der Waals surface area contributed by atoms with Crippen molar-refractivity contribution < 1.29 is 4.79 Å². The van der Waals surface area contributed by atoms with Crippen LogP contribution in [0, 0.1) is 0 Å². The fourth-order valence-electron chi connectivity index (χ4n) is 2.39. The highest BCUT2D eigenvalue weighted by atomic mass is 79.9. The van der Waals surface area contributed by atoms with Gasteiger partial charge in [-0.2, -0.15) is 0 Å². The van der Waals surface area contributed by atoms with Gasteiger partial charge in [-0.1, -0.05) is 15.9 Å². The monoisotopic (exact) mass is 325 g/mol. The Morgan fingerprint density at radius 2 is 2.16 bits per heavy atom. The molecule has 5 heteroatoms. The van der Waals surface area contributed by atoms with Crippen LogP contribution < -0.4 is 10.2 Å². The van der Waals surface area contributed by atoms with Crippen LogP contribution in [0.3, 0.4) is 0 Å². The van der Waals surface area contributed by atoms with Gasteiger partial charge < -0.3 is 15.1 Å². The lowest BCUT2D eigenvalue weighted by molar-refractivity contribution is -0.127. The number of nitrogens with one attached hydrogen (secondary N) is 1. The molecule has 2 rings (SSSR count). The van der Waals surface area contributed by atoms with Crippen molar-refractivity contribution in [1.29, 1.82) is 0 Å². The Bertz CT molecular complexity index is 464. The van der Waals surface area contributed by atoms with Gasteiger partial charge in [0.15, 0.2) is 0 Å². The van der Waals surface area contributed by atoms with E-state index >= 15 is 0 Å². The van der Waals surface area contributed by atoms with Gasteiger partial charge in [-0.25, -0.2) is 0 Å². The number of rotatable bonds is 3. The number of carbonyl (C=O) groups is 1. The zero-order valence-corrected chi connectivity index (χ0v) is 13.0. The molecule has 0 unspecified atom stereocenters. The summed E-state index contributed by atoms with van der Waals surface area (Å²) >= 11 is 3.51. The van der Waals surface area contributed by atoms with Crippen molar-refractivity contribution in [2.24, 2.45) is 0 Å². The van der Waals surface area contributed by atoms with Gasteiger partial charge in [-0.05, 0) is 37.2 Å². The number of anilines is 1. The number of nitrogens with zero attached hydrogens (tertiary/aromatic N) is 2. The van der Waals surface area contributed by atoms with Crippen molar-refractivity contribution >= 4 is 27.5 Å². The van der Waals surface area contributed by atoms with E-state index in [2.05, 4.69) is 38.3 Å². The van der Waals surface area contributed by atoms with E-state index in [9.17, 15) is 4.79 Å². The highest BCUT2D eigenvalue weighted by molar-refractivity contribution is 9.10. The molecule has 4 nitrogen and oxygen atoms in total. The van der Waals surface area contributed by atoms with E-state index in [1.54, 1.807) is 0 Å². The standard InChI is InChI=1S/C14H20BrN3O/c1-16-9-11-8-12(15)4-5-13(11)18-7-3-6-17(2)14(19)10-18/h4-5,8,16H,3,6-7,9-10H2,1-2H3. The molecule has 0 aromatic heterocycles. The van der Waals surface area contributed by atoms with Crippen LogP contribution in [0.15, 0.2) is 22.7 Å². The molecule has 0 aliphatic carbocycles. The van der Waals surface area contributed by atoms with Gasteiger partial charge in [0.1, 0.15) is 0 Å². The van der Waals surface area contributed by atoms with Crippen molar-refractivity contribution in [2.75, 3.05) is 38.6 Å². The minimum atomic E-state index is 0.191. The number of hydrogen-bond donors (Lipinski definition) is 1. The van der Waals surface area contributed by atoms with Gasteiger partial charge in [-0.3, -0.25) is 4.79 Å². The van der Waals surface area contributed by atoms with Crippen LogP contribution in [0.2, 0.25) is 0 Å². The molecule has 1 aromatic carbocycles. The zero-order chi connectivity index (χ0) is 13.8. The lowest BCUT2D eigenvalue weighted by atomic mass is 10.1. The first-order valence-electron chi connectivity index (χ1n) is 6.53. The SMILES string of the molecule is CNCc1cc(Br)ccc1N1CCCN(C)C(=O)C1. The maximum atomic E-state index is 12.0. The van der Waals surface area contributed by atoms with Crippen molar-refractivity contribution in [2.45, 2.75) is 13.0 Å². The first kappa shape index (κ1) is 14.3. The first-order chi connectivity index (χ1) is 9.11. The second kappa shape index (κ2) is 6.39. The van der Waals surface area contributed by atoms with Crippen LogP contribution in [0.4, 0.5) is 5.69 Å². The number of amides is 1. The van der Waals surface area contributed by atoms with E-state index in [1.165, 1.54) is 5.56 Å². The summed E-state index contributed by atoms with van der Waals surface area (Å²) in [4.78, 5) is 16.0. The van der Waals surface area contributed by atoms with E-state index in [0.717, 1.165) is 36.2 Å².